The Balaban J connectivity index is 1.80. The van der Waals surface area contributed by atoms with E-state index in [0.29, 0.717) is 16.1 Å². The molecular weight excluding hydrogens is 342 g/mol. The molecule has 2 aromatic carbocycles. The summed E-state index contributed by atoms with van der Waals surface area (Å²) in [5.41, 5.74) is 4.39. The summed E-state index contributed by atoms with van der Waals surface area (Å²) in [7, 11) is 0. The standard InChI is InChI=1S/C18H14ClN3O3/c19-14-7-5-12(6-8-14)18(25)21-20-9-13-10-22(11-17(23)24)16-4-2-1-3-15(13)16/h1-10H,11H2,(H,21,25)(H,23,24)/b20-9-. The fraction of sp³-hybridized carbons (Fsp3) is 0.0556. The Bertz CT molecular complexity index is 961. The Hall–Kier alpha value is -3.12. The lowest BCUT2D eigenvalue weighted by Gasteiger charge is -1.99. The van der Waals surface area contributed by atoms with E-state index < -0.39 is 5.97 Å². The van der Waals surface area contributed by atoms with Gasteiger partial charge < -0.3 is 9.67 Å². The minimum Gasteiger partial charge on any atom is -0.480 e. The fourth-order valence-corrected chi connectivity index (χ4v) is 2.61. The zero-order chi connectivity index (χ0) is 17.8. The van der Waals surface area contributed by atoms with Crippen molar-refractivity contribution in [1.82, 2.24) is 9.99 Å². The lowest BCUT2D eigenvalue weighted by Crippen LogP contribution is -2.17. The van der Waals surface area contributed by atoms with Crippen LogP contribution in [0, 0.1) is 0 Å². The summed E-state index contributed by atoms with van der Waals surface area (Å²) in [6.45, 7) is -0.147. The van der Waals surface area contributed by atoms with Crippen LogP contribution in [0.25, 0.3) is 10.9 Å². The van der Waals surface area contributed by atoms with Crippen molar-refractivity contribution in [2.45, 2.75) is 6.54 Å². The first-order valence-corrected chi connectivity index (χ1v) is 7.81. The topological polar surface area (TPSA) is 83.7 Å². The molecule has 0 aliphatic rings. The van der Waals surface area contributed by atoms with Gasteiger partial charge in [-0.1, -0.05) is 29.8 Å². The molecule has 3 rings (SSSR count). The molecule has 0 unspecified atom stereocenters. The van der Waals surface area contributed by atoms with Crippen LogP contribution in [0.2, 0.25) is 5.02 Å². The van der Waals surface area contributed by atoms with Gasteiger partial charge >= 0.3 is 5.97 Å². The van der Waals surface area contributed by atoms with Crippen molar-refractivity contribution < 1.29 is 14.7 Å². The average Bonchev–Trinajstić information content (AvgIpc) is 2.93. The van der Waals surface area contributed by atoms with E-state index in [1.54, 1.807) is 35.0 Å². The maximum absolute atomic E-state index is 12.0. The third kappa shape index (κ3) is 3.87. The van der Waals surface area contributed by atoms with E-state index in [4.69, 9.17) is 16.7 Å². The monoisotopic (exact) mass is 355 g/mol. The summed E-state index contributed by atoms with van der Waals surface area (Å²) in [6, 6.07) is 13.9. The lowest BCUT2D eigenvalue weighted by molar-refractivity contribution is -0.137. The number of amides is 1. The third-order valence-corrected chi connectivity index (χ3v) is 3.85. The van der Waals surface area contributed by atoms with Crippen molar-refractivity contribution >= 4 is 40.6 Å². The number of rotatable bonds is 5. The number of benzene rings is 2. The maximum atomic E-state index is 12.0. The molecular formula is C18H14ClN3O3. The smallest absolute Gasteiger partial charge is 0.323 e. The zero-order valence-corrected chi connectivity index (χ0v) is 13.8. The number of hydrogen-bond acceptors (Lipinski definition) is 3. The molecule has 0 saturated carbocycles. The van der Waals surface area contributed by atoms with Gasteiger partial charge in [-0.05, 0) is 30.3 Å². The number of para-hydroxylation sites is 1. The predicted molar refractivity (Wildman–Crippen MR) is 96.1 cm³/mol. The highest BCUT2D eigenvalue weighted by molar-refractivity contribution is 6.30. The molecule has 25 heavy (non-hydrogen) atoms. The minimum absolute atomic E-state index is 0.147. The van der Waals surface area contributed by atoms with Crippen molar-refractivity contribution in [3.8, 4) is 0 Å². The van der Waals surface area contributed by atoms with Gasteiger partial charge in [0, 0.05) is 33.2 Å². The van der Waals surface area contributed by atoms with Crippen LogP contribution in [-0.2, 0) is 11.3 Å². The summed E-state index contributed by atoms with van der Waals surface area (Å²) in [5.74, 6) is -1.29. The molecule has 3 aromatic rings. The van der Waals surface area contributed by atoms with Crippen molar-refractivity contribution in [3.05, 3.63) is 70.9 Å². The van der Waals surface area contributed by atoms with Gasteiger partial charge in [-0.25, -0.2) is 5.43 Å². The molecule has 1 aromatic heterocycles. The van der Waals surface area contributed by atoms with E-state index in [0.717, 1.165) is 10.9 Å². The Kier molecular flexibility index (Phi) is 4.81. The highest BCUT2D eigenvalue weighted by atomic mass is 35.5. The van der Waals surface area contributed by atoms with Crippen LogP contribution >= 0.6 is 11.6 Å². The van der Waals surface area contributed by atoms with Crippen LogP contribution in [0.3, 0.4) is 0 Å². The van der Waals surface area contributed by atoms with E-state index in [1.807, 2.05) is 24.3 Å². The SMILES string of the molecule is O=C(O)Cn1cc(/C=N\NC(=O)c2ccc(Cl)cc2)c2ccccc21. The number of hydrazone groups is 1. The highest BCUT2D eigenvalue weighted by Gasteiger charge is 2.09. The molecule has 6 nitrogen and oxygen atoms in total. The molecule has 0 aliphatic heterocycles. The summed E-state index contributed by atoms with van der Waals surface area (Å²) in [5, 5.41) is 14.4. The van der Waals surface area contributed by atoms with Gasteiger partial charge in [-0.3, -0.25) is 9.59 Å². The second-order valence-electron chi connectivity index (χ2n) is 5.33. The van der Waals surface area contributed by atoms with E-state index in [9.17, 15) is 9.59 Å². The number of fused-ring (bicyclic) bond motifs is 1. The van der Waals surface area contributed by atoms with Crippen molar-refractivity contribution in [2.24, 2.45) is 5.10 Å². The largest absolute Gasteiger partial charge is 0.480 e. The van der Waals surface area contributed by atoms with Crippen LogP contribution in [0.5, 0.6) is 0 Å². The number of carbonyl (C=O) groups excluding carboxylic acids is 1. The predicted octanol–water partition coefficient (Wildman–Crippen LogP) is 3.14. The first-order valence-electron chi connectivity index (χ1n) is 7.43. The Morgan fingerprint density at radius 1 is 1.16 bits per heavy atom. The van der Waals surface area contributed by atoms with Gasteiger partial charge in [0.1, 0.15) is 6.54 Å². The van der Waals surface area contributed by atoms with E-state index in [-0.39, 0.29) is 12.5 Å². The number of nitrogens with one attached hydrogen (secondary N) is 1. The Morgan fingerprint density at radius 3 is 2.60 bits per heavy atom. The number of aliphatic carboxylic acids is 1. The van der Waals surface area contributed by atoms with Gasteiger partial charge in [0.15, 0.2) is 0 Å². The van der Waals surface area contributed by atoms with Gasteiger partial charge in [-0.15, -0.1) is 0 Å². The van der Waals surface area contributed by atoms with Gasteiger partial charge in [0.05, 0.1) is 6.21 Å². The highest BCUT2D eigenvalue weighted by Crippen LogP contribution is 2.20. The number of carbonyl (C=O) groups is 2. The van der Waals surface area contributed by atoms with Crippen LogP contribution in [0.4, 0.5) is 0 Å². The van der Waals surface area contributed by atoms with Crippen molar-refractivity contribution in [1.29, 1.82) is 0 Å². The first kappa shape index (κ1) is 16.7. The number of carboxylic acids is 1. The molecule has 0 aliphatic carbocycles. The van der Waals surface area contributed by atoms with E-state index in [2.05, 4.69) is 10.5 Å². The molecule has 0 spiro atoms. The molecule has 2 N–H and O–H groups in total. The number of halogens is 1. The van der Waals surface area contributed by atoms with E-state index in [1.165, 1.54) is 6.21 Å². The van der Waals surface area contributed by atoms with Crippen LogP contribution < -0.4 is 5.43 Å². The molecule has 1 heterocycles. The molecule has 0 radical (unpaired) electrons. The number of carboxylic acid groups (broad SMARTS) is 1. The quantitative estimate of drug-likeness (QED) is 0.544. The molecule has 126 valence electrons. The molecule has 0 saturated heterocycles. The molecule has 1 amide bonds. The fourth-order valence-electron chi connectivity index (χ4n) is 2.48. The number of nitrogens with zero attached hydrogens (tertiary/aromatic N) is 2. The summed E-state index contributed by atoms with van der Waals surface area (Å²) in [6.07, 6.45) is 3.19. The molecule has 7 heteroatoms. The third-order valence-electron chi connectivity index (χ3n) is 3.60. The zero-order valence-electron chi connectivity index (χ0n) is 13.0. The van der Waals surface area contributed by atoms with Crippen LogP contribution in [0.15, 0.2) is 59.8 Å². The lowest BCUT2D eigenvalue weighted by atomic mass is 10.2. The van der Waals surface area contributed by atoms with E-state index >= 15 is 0 Å². The summed E-state index contributed by atoms with van der Waals surface area (Å²) >= 11 is 5.79. The second-order valence-corrected chi connectivity index (χ2v) is 5.77. The maximum Gasteiger partial charge on any atom is 0.323 e. The second kappa shape index (κ2) is 7.19. The van der Waals surface area contributed by atoms with Crippen LogP contribution in [0.1, 0.15) is 15.9 Å². The van der Waals surface area contributed by atoms with Gasteiger partial charge in [0.25, 0.3) is 5.91 Å². The normalized spacial score (nSPS) is 11.1. The van der Waals surface area contributed by atoms with Crippen molar-refractivity contribution in [2.75, 3.05) is 0 Å². The van der Waals surface area contributed by atoms with Crippen LogP contribution in [-0.4, -0.2) is 27.8 Å². The Morgan fingerprint density at radius 2 is 1.88 bits per heavy atom. The summed E-state index contributed by atoms with van der Waals surface area (Å²) < 4.78 is 1.63. The summed E-state index contributed by atoms with van der Waals surface area (Å²) in [4.78, 5) is 23.0. The van der Waals surface area contributed by atoms with Crippen molar-refractivity contribution in [3.63, 3.8) is 0 Å². The number of aromatic nitrogens is 1. The van der Waals surface area contributed by atoms with Gasteiger partial charge in [-0.2, -0.15) is 5.10 Å². The molecule has 0 atom stereocenters. The first-order chi connectivity index (χ1) is 12.0. The molecule has 0 bridgehead atoms. The average molecular weight is 356 g/mol. The minimum atomic E-state index is -0.930. The molecule has 0 fully saturated rings. The Labute approximate surface area is 148 Å². The number of hydrogen-bond donors (Lipinski definition) is 2. The van der Waals surface area contributed by atoms with Gasteiger partial charge in [0.2, 0.25) is 0 Å².